The van der Waals surface area contributed by atoms with Crippen LogP contribution in [0.1, 0.15) is 12.5 Å². The molecule has 1 rings (SSSR count). The summed E-state index contributed by atoms with van der Waals surface area (Å²) in [4.78, 5) is 35.5. The largest absolute Gasteiger partial charge is 0.368 e. The molecule has 0 unspecified atom stereocenters. The summed E-state index contributed by atoms with van der Waals surface area (Å²) in [6.45, 7) is 1.48. The molecule has 5 nitrogen and oxygen atoms in total. The lowest BCUT2D eigenvalue weighted by Crippen LogP contribution is -2.49. The predicted octanol–water partition coefficient (Wildman–Crippen LogP) is 2.15. The molecule has 1 aromatic rings. The third kappa shape index (κ3) is 9.23. The fourth-order valence-electron chi connectivity index (χ4n) is 2.08. The SMILES string of the molecule is CSCSC[C@H](NC(=O)[C@H](CSC(C)=O)Cc1ccccc1)C(N)=O. The monoisotopic (exact) mass is 400 g/mol. The molecule has 0 radical (unpaired) electrons. The summed E-state index contributed by atoms with van der Waals surface area (Å²) in [5.41, 5.74) is 6.42. The lowest BCUT2D eigenvalue weighted by molar-refractivity contribution is -0.129. The number of rotatable bonds is 11. The number of primary amides is 1. The second kappa shape index (κ2) is 12.3. The van der Waals surface area contributed by atoms with Gasteiger partial charge in [0.05, 0.1) is 5.92 Å². The van der Waals surface area contributed by atoms with Gasteiger partial charge < -0.3 is 11.1 Å². The van der Waals surface area contributed by atoms with Crippen LogP contribution in [0.2, 0.25) is 0 Å². The predicted molar refractivity (Wildman–Crippen MR) is 109 cm³/mol. The van der Waals surface area contributed by atoms with Crippen molar-refractivity contribution in [3.8, 4) is 0 Å². The highest BCUT2D eigenvalue weighted by Crippen LogP contribution is 2.17. The van der Waals surface area contributed by atoms with Gasteiger partial charge in [0.2, 0.25) is 11.8 Å². The first-order valence-electron chi connectivity index (χ1n) is 7.77. The quantitative estimate of drug-likeness (QED) is 0.437. The van der Waals surface area contributed by atoms with E-state index in [0.717, 1.165) is 22.4 Å². The molecule has 2 amide bonds. The highest BCUT2D eigenvalue weighted by Gasteiger charge is 2.25. The van der Waals surface area contributed by atoms with Crippen LogP contribution in [-0.2, 0) is 20.8 Å². The van der Waals surface area contributed by atoms with Gasteiger partial charge in [0, 0.05) is 23.5 Å². The molecule has 0 aliphatic carbocycles. The summed E-state index contributed by atoms with van der Waals surface area (Å²) < 4.78 is 0. The normalized spacial score (nSPS) is 13.0. The van der Waals surface area contributed by atoms with Gasteiger partial charge >= 0.3 is 0 Å². The molecule has 8 heteroatoms. The molecule has 138 valence electrons. The molecule has 0 spiro atoms. The number of hydrogen-bond donors (Lipinski definition) is 2. The Labute approximate surface area is 161 Å². The van der Waals surface area contributed by atoms with Crippen LogP contribution in [0.15, 0.2) is 30.3 Å². The summed E-state index contributed by atoms with van der Waals surface area (Å²) in [5, 5.41) is 3.54. The van der Waals surface area contributed by atoms with E-state index in [0.29, 0.717) is 17.9 Å². The first-order chi connectivity index (χ1) is 11.9. The lowest BCUT2D eigenvalue weighted by atomic mass is 10.00. The van der Waals surface area contributed by atoms with Crippen molar-refractivity contribution in [3.05, 3.63) is 35.9 Å². The van der Waals surface area contributed by atoms with E-state index < -0.39 is 17.9 Å². The second-order valence-electron chi connectivity index (χ2n) is 5.43. The minimum Gasteiger partial charge on any atom is -0.368 e. The van der Waals surface area contributed by atoms with Crippen molar-refractivity contribution in [2.45, 2.75) is 19.4 Å². The Morgan fingerprint density at radius 3 is 2.40 bits per heavy atom. The van der Waals surface area contributed by atoms with Crippen molar-refractivity contribution in [3.63, 3.8) is 0 Å². The lowest BCUT2D eigenvalue weighted by Gasteiger charge is -2.20. The van der Waals surface area contributed by atoms with E-state index >= 15 is 0 Å². The van der Waals surface area contributed by atoms with Gasteiger partial charge in [-0.2, -0.15) is 11.8 Å². The maximum atomic E-state index is 12.6. The zero-order valence-corrected chi connectivity index (χ0v) is 16.8. The van der Waals surface area contributed by atoms with Crippen molar-refractivity contribution >= 4 is 52.2 Å². The zero-order valence-electron chi connectivity index (χ0n) is 14.4. The molecule has 0 saturated heterocycles. The van der Waals surface area contributed by atoms with E-state index in [1.54, 1.807) is 23.5 Å². The molecule has 0 saturated carbocycles. The van der Waals surface area contributed by atoms with Gasteiger partial charge in [0.1, 0.15) is 6.04 Å². The number of amides is 2. The average molecular weight is 401 g/mol. The molecular weight excluding hydrogens is 376 g/mol. The van der Waals surface area contributed by atoms with Crippen LogP contribution in [0.5, 0.6) is 0 Å². The molecule has 0 aliphatic rings. The molecule has 0 aliphatic heterocycles. The standard InChI is InChI=1S/C17H24N2O3S3/c1-12(20)25-9-14(8-13-6-4-3-5-7-13)17(22)19-15(16(18)21)10-24-11-23-2/h3-7,14-15H,8-11H2,1-2H3,(H2,18,21)(H,19,22)/t14-,15-/m0/s1. The first kappa shape index (κ1) is 21.9. The number of carbonyl (C=O) groups is 3. The molecular formula is C17H24N2O3S3. The van der Waals surface area contributed by atoms with Gasteiger partial charge in [-0.25, -0.2) is 0 Å². The molecule has 0 bridgehead atoms. The van der Waals surface area contributed by atoms with Crippen LogP contribution in [0.3, 0.4) is 0 Å². The minimum absolute atomic E-state index is 0.0344. The van der Waals surface area contributed by atoms with Crippen LogP contribution >= 0.6 is 35.3 Å². The Bertz CT molecular complexity index is 570. The zero-order chi connectivity index (χ0) is 18.7. The van der Waals surface area contributed by atoms with E-state index in [-0.39, 0.29) is 11.0 Å². The van der Waals surface area contributed by atoms with Gasteiger partial charge in [-0.1, -0.05) is 42.1 Å². The van der Waals surface area contributed by atoms with Crippen LogP contribution < -0.4 is 11.1 Å². The fraction of sp³-hybridized carbons (Fsp3) is 0.471. The first-order valence-corrected chi connectivity index (χ1v) is 11.3. The van der Waals surface area contributed by atoms with Gasteiger partial charge in [-0.05, 0) is 18.2 Å². The van der Waals surface area contributed by atoms with Gasteiger partial charge in [0.15, 0.2) is 5.12 Å². The Morgan fingerprint density at radius 2 is 1.84 bits per heavy atom. The van der Waals surface area contributed by atoms with Crippen molar-refractivity contribution in [1.29, 1.82) is 0 Å². The van der Waals surface area contributed by atoms with Crippen LogP contribution in [0, 0.1) is 5.92 Å². The van der Waals surface area contributed by atoms with E-state index in [2.05, 4.69) is 5.32 Å². The molecule has 1 aromatic carbocycles. The third-order valence-electron chi connectivity index (χ3n) is 3.33. The second-order valence-corrected chi connectivity index (χ2v) is 8.89. The van der Waals surface area contributed by atoms with Crippen molar-refractivity contribution in [2.75, 3.05) is 22.8 Å². The van der Waals surface area contributed by atoms with Crippen molar-refractivity contribution in [1.82, 2.24) is 5.32 Å². The summed E-state index contributed by atoms with van der Waals surface area (Å²) in [6.07, 6.45) is 2.48. The summed E-state index contributed by atoms with van der Waals surface area (Å²) >= 11 is 4.32. The Morgan fingerprint density at radius 1 is 1.16 bits per heavy atom. The van der Waals surface area contributed by atoms with Crippen LogP contribution in [-0.4, -0.2) is 45.8 Å². The molecule has 3 N–H and O–H groups in total. The summed E-state index contributed by atoms with van der Waals surface area (Å²) in [7, 11) is 0. The highest BCUT2D eigenvalue weighted by molar-refractivity contribution is 8.15. The summed E-state index contributed by atoms with van der Waals surface area (Å²) in [6, 6.07) is 8.92. The highest BCUT2D eigenvalue weighted by atomic mass is 32.2. The number of thioether (sulfide) groups is 3. The van der Waals surface area contributed by atoms with Gasteiger partial charge in [-0.3, -0.25) is 14.4 Å². The number of carbonyl (C=O) groups excluding carboxylic acids is 3. The van der Waals surface area contributed by atoms with Crippen molar-refractivity contribution < 1.29 is 14.4 Å². The maximum absolute atomic E-state index is 12.6. The van der Waals surface area contributed by atoms with E-state index in [4.69, 9.17) is 5.73 Å². The Kier molecular flexibility index (Phi) is 10.8. The van der Waals surface area contributed by atoms with E-state index in [1.165, 1.54) is 6.92 Å². The molecule has 0 fully saturated rings. The molecule has 0 heterocycles. The number of benzene rings is 1. The van der Waals surface area contributed by atoms with E-state index in [1.807, 2.05) is 36.6 Å². The Hall–Kier alpha value is -1.12. The fourth-order valence-corrected chi connectivity index (χ4v) is 4.32. The molecule has 25 heavy (non-hydrogen) atoms. The number of nitrogens with two attached hydrogens (primary N) is 1. The van der Waals surface area contributed by atoms with Crippen LogP contribution in [0.4, 0.5) is 0 Å². The van der Waals surface area contributed by atoms with Gasteiger partial charge in [-0.15, -0.1) is 11.8 Å². The smallest absolute Gasteiger partial charge is 0.240 e. The average Bonchev–Trinajstić information content (AvgIpc) is 2.58. The van der Waals surface area contributed by atoms with Crippen molar-refractivity contribution in [2.24, 2.45) is 11.7 Å². The van der Waals surface area contributed by atoms with Crippen LogP contribution in [0.25, 0.3) is 0 Å². The topological polar surface area (TPSA) is 89.3 Å². The van der Waals surface area contributed by atoms with Gasteiger partial charge in [0.25, 0.3) is 0 Å². The summed E-state index contributed by atoms with van der Waals surface area (Å²) in [5.74, 6) is -0.367. The number of hydrogen-bond acceptors (Lipinski definition) is 6. The Balaban J connectivity index is 2.74. The van der Waals surface area contributed by atoms with E-state index in [9.17, 15) is 14.4 Å². The number of nitrogens with one attached hydrogen (secondary N) is 1. The maximum Gasteiger partial charge on any atom is 0.240 e. The minimum atomic E-state index is -0.703. The molecule has 0 aromatic heterocycles. The third-order valence-corrected chi connectivity index (χ3v) is 6.48. The molecule has 2 atom stereocenters.